The van der Waals surface area contributed by atoms with E-state index >= 15 is 0 Å². The van der Waals surface area contributed by atoms with Gasteiger partial charge in [-0.2, -0.15) is 4.98 Å². The first-order chi connectivity index (χ1) is 8.81. The Morgan fingerprint density at radius 1 is 1.17 bits per heavy atom. The molecule has 0 radical (unpaired) electrons. The second kappa shape index (κ2) is 6.31. The summed E-state index contributed by atoms with van der Waals surface area (Å²) in [4.78, 5) is 5.58. The lowest BCUT2D eigenvalue weighted by atomic mass is 10.3. The molecule has 1 heterocycles. The van der Waals surface area contributed by atoms with Gasteiger partial charge in [0.1, 0.15) is 11.6 Å². The predicted molar refractivity (Wildman–Crippen MR) is 76.7 cm³/mol. The van der Waals surface area contributed by atoms with Gasteiger partial charge in [-0.25, -0.2) is 0 Å². The summed E-state index contributed by atoms with van der Waals surface area (Å²) in [5.41, 5.74) is 0. The highest BCUT2D eigenvalue weighted by molar-refractivity contribution is 7.98. The van der Waals surface area contributed by atoms with Gasteiger partial charge in [0.15, 0.2) is 0 Å². The molecule has 4 heteroatoms. The van der Waals surface area contributed by atoms with Gasteiger partial charge in [0.2, 0.25) is 5.88 Å². The number of nitrogens with one attached hydrogen (secondary N) is 1. The van der Waals surface area contributed by atoms with E-state index in [2.05, 4.69) is 16.6 Å². The minimum atomic E-state index is 0.602. The van der Waals surface area contributed by atoms with E-state index in [1.807, 2.05) is 49.4 Å². The topological polar surface area (TPSA) is 34.1 Å². The molecule has 18 heavy (non-hydrogen) atoms. The van der Waals surface area contributed by atoms with E-state index < -0.39 is 0 Å². The zero-order chi connectivity index (χ0) is 12.8. The Kier molecular flexibility index (Phi) is 4.47. The number of pyridine rings is 1. The third kappa shape index (κ3) is 3.40. The van der Waals surface area contributed by atoms with Crippen molar-refractivity contribution >= 4 is 17.6 Å². The fraction of sp³-hybridized carbons (Fsp3) is 0.214. The number of thioether (sulfide) groups is 1. The van der Waals surface area contributed by atoms with Gasteiger partial charge >= 0.3 is 0 Å². The van der Waals surface area contributed by atoms with Crippen molar-refractivity contribution < 1.29 is 4.74 Å². The number of rotatable bonds is 5. The van der Waals surface area contributed by atoms with E-state index in [1.165, 1.54) is 4.90 Å². The maximum atomic E-state index is 5.70. The lowest BCUT2D eigenvalue weighted by Gasteiger charge is -2.07. The molecule has 1 N–H and O–H groups in total. The van der Waals surface area contributed by atoms with E-state index in [9.17, 15) is 0 Å². The maximum absolute atomic E-state index is 5.70. The summed E-state index contributed by atoms with van der Waals surface area (Å²) in [5, 5.41) is 3.16. The monoisotopic (exact) mass is 260 g/mol. The molecule has 2 aromatic rings. The number of anilines is 1. The normalized spacial score (nSPS) is 10.1. The first kappa shape index (κ1) is 12.8. The van der Waals surface area contributed by atoms with Gasteiger partial charge in [-0.15, -0.1) is 11.8 Å². The molecule has 0 fully saturated rings. The summed E-state index contributed by atoms with van der Waals surface area (Å²) in [6.07, 6.45) is 2.05. The van der Waals surface area contributed by atoms with Crippen molar-refractivity contribution in [3.8, 4) is 11.6 Å². The summed E-state index contributed by atoms with van der Waals surface area (Å²) in [6, 6.07) is 13.7. The Hall–Kier alpha value is -1.68. The fourth-order valence-electron chi connectivity index (χ4n) is 1.52. The van der Waals surface area contributed by atoms with E-state index in [4.69, 9.17) is 4.74 Å². The Balaban J connectivity index is 2.09. The highest BCUT2D eigenvalue weighted by atomic mass is 32.2. The average Bonchev–Trinajstić information content (AvgIpc) is 2.40. The van der Waals surface area contributed by atoms with E-state index in [1.54, 1.807) is 11.8 Å². The first-order valence-electron chi connectivity index (χ1n) is 5.84. The van der Waals surface area contributed by atoms with E-state index in [0.717, 1.165) is 18.1 Å². The predicted octanol–water partition coefficient (Wildman–Crippen LogP) is 4.03. The van der Waals surface area contributed by atoms with Crippen LogP contribution in [-0.4, -0.2) is 17.8 Å². The molecule has 0 atom stereocenters. The molecular weight excluding hydrogens is 244 g/mol. The van der Waals surface area contributed by atoms with Gasteiger partial charge < -0.3 is 10.1 Å². The second-order valence-corrected chi connectivity index (χ2v) is 4.55. The van der Waals surface area contributed by atoms with Crippen molar-refractivity contribution in [2.24, 2.45) is 0 Å². The van der Waals surface area contributed by atoms with E-state index in [0.29, 0.717) is 5.88 Å². The minimum Gasteiger partial charge on any atom is -0.439 e. The quantitative estimate of drug-likeness (QED) is 0.823. The smallest absolute Gasteiger partial charge is 0.221 e. The van der Waals surface area contributed by atoms with Crippen LogP contribution in [-0.2, 0) is 0 Å². The van der Waals surface area contributed by atoms with Crippen LogP contribution < -0.4 is 10.1 Å². The van der Waals surface area contributed by atoms with Crippen LogP contribution in [0.1, 0.15) is 6.92 Å². The van der Waals surface area contributed by atoms with Crippen LogP contribution in [0.5, 0.6) is 11.6 Å². The molecular formula is C14H16N2OS. The Morgan fingerprint density at radius 3 is 2.61 bits per heavy atom. The highest BCUT2D eigenvalue weighted by Gasteiger charge is 2.00. The number of nitrogens with zero attached hydrogens (tertiary/aromatic N) is 1. The first-order valence-corrected chi connectivity index (χ1v) is 7.07. The van der Waals surface area contributed by atoms with Crippen molar-refractivity contribution in [1.82, 2.24) is 4.98 Å². The molecule has 0 saturated carbocycles. The fourth-order valence-corrected chi connectivity index (χ4v) is 1.92. The van der Waals surface area contributed by atoms with Crippen molar-refractivity contribution in [2.45, 2.75) is 11.8 Å². The standard InChI is InChI=1S/C14H16N2OS/c1-3-15-13-5-4-6-14(16-13)17-11-7-9-12(18-2)10-8-11/h4-10H,3H2,1-2H3,(H,15,16). The molecule has 2 rings (SSSR count). The molecule has 0 bridgehead atoms. The summed E-state index contributed by atoms with van der Waals surface area (Å²) in [6.45, 7) is 2.88. The summed E-state index contributed by atoms with van der Waals surface area (Å²) < 4.78 is 5.70. The van der Waals surface area contributed by atoms with Gasteiger partial charge in [0.05, 0.1) is 0 Å². The molecule has 0 aliphatic carbocycles. The van der Waals surface area contributed by atoms with Crippen molar-refractivity contribution in [2.75, 3.05) is 18.1 Å². The molecule has 0 aliphatic heterocycles. The number of benzene rings is 1. The van der Waals surface area contributed by atoms with Crippen LogP contribution in [0.2, 0.25) is 0 Å². The Bertz CT molecular complexity index is 499. The van der Waals surface area contributed by atoms with Gasteiger partial charge in [-0.3, -0.25) is 0 Å². The minimum absolute atomic E-state index is 0.602. The maximum Gasteiger partial charge on any atom is 0.221 e. The third-order valence-electron chi connectivity index (χ3n) is 2.36. The van der Waals surface area contributed by atoms with Gasteiger partial charge in [-0.05, 0) is 43.5 Å². The van der Waals surface area contributed by atoms with Crippen LogP contribution in [0.15, 0.2) is 47.4 Å². The number of hydrogen-bond donors (Lipinski definition) is 1. The molecule has 1 aromatic carbocycles. The highest BCUT2D eigenvalue weighted by Crippen LogP contribution is 2.23. The van der Waals surface area contributed by atoms with E-state index in [-0.39, 0.29) is 0 Å². The lowest BCUT2D eigenvalue weighted by Crippen LogP contribution is -1.99. The van der Waals surface area contributed by atoms with Crippen molar-refractivity contribution in [1.29, 1.82) is 0 Å². The summed E-state index contributed by atoms with van der Waals surface area (Å²) in [5.74, 6) is 2.23. The lowest BCUT2D eigenvalue weighted by molar-refractivity contribution is 0.463. The largest absolute Gasteiger partial charge is 0.439 e. The van der Waals surface area contributed by atoms with Crippen molar-refractivity contribution in [3.05, 3.63) is 42.5 Å². The third-order valence-corrected chi connectivity index (χ3v) is 3.11. The number of aromatic nitrogens is 1. The van der Waals surface area contributed by atoms with Crippen LogP contribution in [0.4, 0.5) is 5.82 Å². The molecule has 3 nitrogen and oxygen atoms in total. The molecule has 0 saturated heterocycles. The summed E-state index contributed by atoms with van der Waals surface area (Å²) in [7, 11) is 0. The number of hydrogen-bond acceptors (Lipinski definition) is 4. The van der Waals surface area contributed by atoms with Crippen LogP contribution in [0, 0.1) is 0 Å². The second-order valence-electron chi connectivity index (χ2n) is 3.67. The van der Waals surface area contributed by atoms with Crippen LogP contribution in [0.3, 0.4) is 0 Å². The molecule has 0 amide bonds. The van der Waals surface area contributed by atoms with Crippen LogP contribution in [0.25, 0.3) is 0 Å². The van der Waals surface area contributed by atoms with Crippen LogP contribution >= 0.6 is 11.8 Å². The van der Waals surface area contributed by atoms with Crippen molar-refractivity contribution in [3.63, 3.8) is 0 Å². The summed E-state index contributed by atoms with van der Waals surface area (Å²) >= 11 is 1.71. The Morgan fingerprint density at radius 2 is 1.94 bits per heavy atom. The molecule has 0 aliphatic rings. The van der Waals surface area contributed by atoms with Gasteiger partial charge in [-0.1, -0.05) is 6.07 Å². The SMILES string of the molecule is CCNc1cccc(Oc2ccc(SC)cc2)n1. The molecule has 94 valence electrons. The average molecular weight is 260 g/mol. The zero-order valence-electron chi connectivity index (χ0n) is 10.5. The molecule has 0 spiro atoms. The van der Waals surface area contributed by atoms with Gasteiger partial charge in [0, 0.05) is 17.5 Å². The zero-order valence-corrected chi connectivity index (χ0v) is 11.3. The molecule has 0 unspecified atom stereocenters. The molecule has 1 aromatic heterocycles. The van der Waals surface area contributed by atoms with Gasteiger partial charge in [0.25, 0.3) is 0 Å². The number of ether oxygens (including phenoxy) is 1. The Labute approximate surface area is 112 Å².